The van der Waals surface area contributed by atoms with E-state index in [2.05, 4.69) is 33.0 Å². The smallest absolute Gasteiger partial charge is 0.272 e. The lowest BCUT2D eigenvalue weighted by atomic mass is 9.82. The number of hydrogen-bond acceptors (Lipinski definition) is 3. The molecular weight excluding hydrogens is 240 g/mol. The van der Waals surface area contributed by atoms with E-state index in [0.29, 0.717) is 6.42 Å². The molecule has 0 saturated carbocycles. The Morgan fingerprint density at radius 3 is 2.47 bits per heavy atom. The number of nitrogens with one attached hydrogen (secondary N) is 1. The zero-order valence-electron chi connectivity index (χ0n) is 12.5. The second-order valence-electron chi connectivity index (χ2n) is 6.07. The fourth-order valence-electron chi connectivity index (χ4n) is 2.21. The van der Waals surface area contributed by atoms with E-state index in [0.717, 1.165) is 17.7 Å². The third-order valence-corrected chi connectivity index (χ3v) is 3.35. The SMILES string of the molecule is CCNC(Cc1cc(C)ccc1[N+](=O)[O-])C(C)(C)C. The average molecular weight is 264 g/mol. The van der Waals surface area contributed by atoms with E-state index in [1.807, 2.05) is 13.0 Å². The monoisotopic (exact) mass is 264 g/mol. The Kier molecular flexibility index (Phi) is 5.06. The van der Waals surface area contributed by atoms with Gasteiger partial charge in [-0.05, 0) is 31.4 Å². The van der Waals surface area contributed by atoms with Crippen molar-refractivity contribution in [1.29, 1.82) is 0 Å². The molecule has 0 saturated heterocycles. The Bertz CT molecular complexity index is 450. The molecule has 1 aromatic carbocycles. The summed E-state index contributed by atoms with van der Waals surface area (Å²) in [4.78, 5) is 10.8. The second-order valence-corrected chi connectivity index (χ2v) is 6.07. The third-order valence-electron chi connectivity index (χ3n) is 3.35. The van der Waals surface area contributed by atoms with Crippen LogP contribution < -0.4 is 5.32 Å². The first-order chi connectivity index (χ1) is 8.75. The molecule has 1 aromatic rings. The molecular formula is C15H24N2O2. The van der Waals surface area contributed by atoms with E-state index >= 15 is 0 Å². The molecule has 0 aliphatic carbocycles. The zero-order valence-corrected chi connectivity index (χ0v) is 12.5. The van der Waals surface area contributed by atoms with Crippen molar-refractivity contribution in [2.45, 2.75) is 47.1 Å². The van der Waals surface area contributed by atoms with Crippen LogP contribution >= 0.6 is 0 Å². The summed E-state index contributed by atoms with van der Waals surface area (Å²) < 4.78 is 0. The number of nitro benzene ring substituents is 1. The van der Waals surface area contributed by atoms with Gasteiger partial charge in [-0.1, -0.05) is 39.3 Å². The molecule has 0 aliphatic heterocycles. The molecule has 0 fully saturated rings. The van der Waals surface area contributed by atoms with Crippen molar-refractivity contribution in [2.24, 2.45) is 5.41 Å². The van der Waals surface area contributed by atoms with Crippen molar-refractivity contribution in [2.75, 3.05) is 6.54 Å². The molecule has 0 aliphatic rings. The van der Waals surface area contributed by atoms with Gasteiger partial charge in [0.25, 0.3) is 5.69 Å². The maximum absolute atomic E-state index is 11.1. The lowest BCUT2D eigenvalue weighted by Crippen LogP contribution is -2.42. The van der Waals surface area contributed by atoms with Crippen LogP contribution in [0.5, 0.6) is 0 Å². The molecule has 1 N–H and O–H groups in total. The van der Waals surface area contributed by atoms with E-state index in [-0.39, 0.29) is 22.1 Å². The Morgan fingerprint density at radius 2 is 2.00 bits per heavy atom. The fraction of sp³-hybridized carbons (Fsp3) is 0.600. The normalized spacial score (nSPS) is 13.3. The molecule has 4 heteroatoms. The van der Waals surface area contributed by atoms with Crippen LogP contribution in [-0.4, -0.2) is 17.5 Å². The van der Waals surface area contributed by atoms with Gasteiger partial charge in [-0.2, -0.15) is 0 Å². The maximum Gasteiger partial charge on any atom is 0.272 e. The van der Waals surface area contributed by atoms with Gasteiger partial charge in [-0.15, -0.1) is 0 Å². The fourth-order valence-corrected chi connectivity index (χ4v) is 2.21. The van der Waals surface area contributed by atoms with Gasteiger partial charge in [0.2, 0.25) is 0 Å². The number of benzene rings is 1. The summed E-state index contributed by atoms with van der Waals surface area (Å²) in [6, 6.07) is 5.55. The van der Waals surface area contributed by atoms with Crippen LogP contribution in [0.4, 0.5) is 5.69 Å². The summed E-state index contributed by atoms with van der Waals surface area (Å²) in [5.41, 5.74) is 2.15. The van der Waals surface area contributed by atoms with Crippen LogP contribution in [0, 0.1) is 22.5 Å². The molecule has 1 rings (SSSR count). The van der Waals surface area contributed by atoms with E-state index < -0.39 is 0 Å². The molecule has 1 unspecified atom stereocenters. The maximum atomic E-state index is 11.1. The minimum atomic E-state index is -0.291. The van der Waals surface area contributed by atoms with Crippen molar-refractivity contribution in [3.05, 3.63) is 39.4 Å². The van der Waals surface area contributed by atoms with Gasteiger partial charge in [0.1, 0.15) is 0 Å². The molecule has 0 bridgehead atoms. The summed E-state index contributed by atoms with van der Waals surface area (Å²) in [7, 11) is 0. The van der Waals surface area contributed by atoms with Crippen LogP contribution in [0.3, 0.4) is 0 Å². The summed E-state index contributed by atoms with van der Waals surface area (Å²) in [6.45, 7) is 11.4. The lowest BCUT2D eigenvalue weighted by molar-refractivity contribution is -0.385. The van der Waals surface area contributed by atoms with Crippen LogP contribution in [0.25, 0.3) is 0 Å². The highest BCUT2D eigenvalue weighted by atomic mass is 16.6. The number of nitrogens with zero attached hydrogens (tertiary/aromatic N) is 1. The summed E-state index contributed by atoms with van der Waals surface area (Å²) >= 11 is 0. The minimum absolute atomic E-state index is 0.0631. The standard InChI is InChI=1S/C15H24N2O2/c1-6-16-14(15(3,4)5)10-12-9-11(2)7-8-13(12)17(18)19/h7-9,14,16H,6,10H2,1-5H3. The average Bonchev–Trinajstić information content (AvgIpc) is 2.26. The second kappa shape index (κ2) is 6.15. The highest BCUT2D eigenvalue weighted by Crippen LogP contribution is 2.27. The number of nitro groups is 1. The molecule has 0 amide bonds. The molecule has 0 spiro atoms. The van der Waals surface area contributed by atoms with Gasteiger partial charge in [-0.3, -0.25) is 10.1 Å². The number of hydrogen-bond donors (Lipinski definition) is 1. The van der Waals surface area contributed by atoms with Gasteiger partial charge in [0, 0.05) is 17.7 Å². The Balaban J connectivity index is 3.08. The van der Waals surface area contributed by atoms with Gasteiger partial charge in [0.05, 0.1) is 4.92 Å². The van der Waals surface area contributed by atoms with E-state index in [9.17, 15) is 10.1 Å². The zero-order chi connectivity index (χ0) is 14.6. The van der Waals surface area contributed by atoms with Crippen LogP contribution in [0.15, 0.2) is 18.2 Å². The molecule has 19 heavy (non-hydrogen) atoms. The first-order valence-corrected chi connectivity index (χ1v) is 6.73. The summed E-state index contributed by atoms with van der Waals surface area (Å²) in [5, 5.41) is 14.5. The Hall–Kier alpha value is -1.42. The highest BCUT2D eigenvalue weighted by molar-refractivity contribution is 5.43. The van der Waals surface area contributed by atoms with Crippen molar-refractivity contribution in [1.82, 2.24) is 5.32 Å². The van der Waals surface area contributed by atoms with Crippen LogP contribution in [0.2, 0.25) is 0 Å². The van der Waals surface area contributed by atoms with E-state index in [4.69, 9.17) is 0 Å². The van der Waals surface area contributed by atoms with Gasteiger partial charge in [-0.25, -0.2) is 0 Å². The van der Waals surface area contributed by atoms with Gasteiger partial charge in [0.15, 0.2) is 0 Å². The first kappa shape index (κ1) is 15.6. The third kappa shape index (κ3) is 4.31. The number of rotatable bonds is 5. The lowest BCUT2D eigenvalue weighted by Gasteiger charge is -2.31. The summed E-state index contributed by atoms with van der Waals surface area (Å²) in [5.74, 6) is 0. The van der Waals surface area contributed by atoms with Crippen molar-refractivity contribution in [3.63, 3.8) is 0 Å². The Labute approximate surface area is 115 Å². The number of aryl methyl sites for hydroxylation is 1. The molecule has 0 aromatic heterocycles. The predicted octanol–water partition coefficient (Wildman–Crippen LogP) is 3.47. The first-order valence-electron chi connectivity index (χ1n) is 6.73. The minimum Gasteiger partial charge on any atom is -0.313 e. The van der Waals surface area contributed by atoms with Gasteiger partial charge >= 0.3 is 0 Å². The summed E-state index contributed by atoms with van der Waals surface area (Å²) in [6.07, 6.45) is 0.676. The molecule has 4 nitrogen and oxygen atoms in total. The quantitative estimate of drug-likeness (QED) is 0.654. The predicted molar refractivity (Wildman–Crippen MR) is 78.5 cm³/mol. The topological polar surface area (TPSA) is 55.2 Å². The highest BCUT2D eigenvalue weighted by Gasteiger charge is 2.26. The molecule has 1 atom stereocenters. The van der Waals surface area contributed by atoms with Crippen molar-refractivity contribution < 1.29 is 4.92 Å². The molecule has 0 radical (unpaired) electrons. The van der Waals surface area contributed by atoms with Crippen molar-refractivity contribution >= 4 is 5.69 Å². The van der Waals surface area contributed by atoms with Crippen LogP contribution in [0.1, 0.15) is 38.8 Å². The van der Waals surface area contributed by atoms with Gasteiger partial charge < -0.3 is 5.32 Å². The number of likely N-dealkylation sites (N-methyl/N-ethyl adjacent to an activating group) is 1. The van der Waals surface area contributed by atoms with E-state index in [1.54, 1.807) is 12.1 Å². The molecule has 0 heterocycles. The largest absolute Gasteiger partial charge is 0.313 e. The molecule has 106 valence electrons. The van der Waals surface area contributed by atoms with Crippen LogP contribution in [-0.2, 0) is 6.42 Å². The van der Waals surface area contributed by atoms with Crippen molar-refractivity contribution in [3.8, 4) is 0 Å². The Morgan fingerprint density at radius 1 is 1.37 bits per heavy atom. The van der Waals surface area contributed by atoms with E-state index in [1.165, 1.54) is 0 Å².